The van der Waals surface area contributed by atoms with Gasteiger partial charge < -0.3 is 10.1 Å². The smallest absolute Gasteiger partial charge is 0.266 e. The quantitative estimate of drug-likeness (QED) is 0.882. The highest BCUT2D eigenvalue weighted by atomic mass is 16.5. The number of carbonyl (C=O) groups excluding carboxylic acids is 1. The molecular weight excluding hydrogens is 308 g/mol. The summed E-state index contributed by atoms with van der Waals surface area (Å²) in [5, 5.41) is 5.77. The molecule has 130 valence electrons. The predicted octanol–water partition coefficient (Wildman–Crippen LogP) is 1.26. The van der Waals surface area contributed by atoms with Crippen LogP contribution in [0.1, 0.15) is 43.6 Å². The van der Waals surface area contributed by atoms with Crippen LogP contribution in [0.4, 0.5) is 0 Å². The summed E-state index contributed by atoms with van der Waals surface area (Å²) >= 11 is 0. The van der Waals surface area contributed by atoms with Crippen LogP contribution in [0, 0.1) is 13.8 Å². The van der Waals surface area contributed by atoms with E-state index in [-0.39, 0.29) is 23.1 Å². The number of carbonyl (C=O) groups is 1. The Labute approximate surface area is 140 Å². The lowest BCUT2D eigenvalue weighted by Gasteiger charge is -2.16. The van der Waals surface area contributed by atoms with E-state index in [1.165, 1.54) is 6.07 Å². The molecule has 3 heterocycles. The second-order valence-electron chi connectivity index (χ2n) is 7.11. The summed E-state index contributed by atoms with van der Waals surface area (Å²) in [7, 11) is 0. The van der Waals surface area contributed by atoms with Crippen LogP contribution in [0.25, 0.3) is 5.65 Å². The van der Waals surface area contributed by atoms with E-state index < -0.39 is 0 Å². The number of aromatic nitrogens is 3. The Hall–Kier alpha value is -2.15. The molecule has 0 bridgehead atoms. The maximum absolute atomic E-state index is 12.2. The summed E-state index contributed by atoms with van der Waals surface area (Å²) < 4.78 is 7.32. The number of fused-ring (bicyclic) bond motifs is 1. The highest BCUT2D eigenvalue weighted by Gasteiger charge is 2.32. The third-order valence-electron chi connectivity index (χ3n) is 4.58. The van der Waals surface area contributed by atoms with Gasteiger partial charge in [-0.1, -0.05) is 0 Å². The first-order valence-electron chi connectivity index (χ1n) is 8.26. The highest BCUT2D eigenvalue weighted by Crippen LogP contribution is 2.24. The maximum atomic E-state index is 12.2. The maximum Gasteiger partial charge on any atom is 0.266 e. The van der Waals surface area contributed by atoms with Crippen molar-refractivity contribution in [1.82, 2.24) is 19.9 Å². The zero-order valence-corrected chi connectivity index (χ0v) is 14.6. The molecule has 7 nitrogen and oxygen atoms in total. The molecule has 0 radical (unpaired) electrons. The van der Waals surface area contributed by atoms with Crippen molar-refractivity contribution in [3.05, 3.63) is 33.4 Å². The van der Waals surface area contributed by atoms with Crippen molar-refractivity contribution < 1.29 is 9.53 Å². The minimum atomic E-state index is -0.177. The van der Waals surface area contributed by atoms with Crippen LogP contribution in [-0.2, 0) is 16.0 Å². The molecule has 3 rings (SSSR count). The molecule has 2 aromatic rings. The summed E-state index contributed by atoms with van der Waals surface area (Å²) in [5.74, 6) is 0.0150. The van der Waals surface area contributed by atoms with Crippen LogP contribution < -0.4 is 10.9 Å². The second kappa shape index (κ2) is 6.05. The van der Waals surface area contributed by atoms with Gasteiger partial charge in [0.2, 0.25) is 5.91 Å². The van der Waals surface area contributed by atoms with Gasteiger partial charge in [0, 0.05) is 23.9 Å². The molecule has 7 heteroatoms. The summed E-state index contributed by atoms with van der Waals surface area (Å²) in [4.78, 5) is 28.1. The topological polar surface area (TPSA) is 88.5 Å². The number of aromatic amines is 1. The molecule has 1 saturated heterocycles. The van der Waals surface area contributed by atoms with Gasteiger partial charge >= 0.3 is 0 Å². The van der Waals surface area contributed by atoms with E-state index in [4.69, 9.17) is 4.74 Å². The number of hydrogen-bond acceptors (Lipinski definition) is 4. The summed E-state index contributed by atoms with van der Waals surface area (Å²) in [6.07, 6.45) is 1.80. The summed E-state index contributed by atoms with van der Waals surface area (Å²) in [6.45, 7) is 8.47. The lowest BCUT2D eigenvalue weighted by molar-refractivity contribution is -0.121. The Balaban J connectivity index is 1.67. The van der Waals surface area contributed by atoms with Crippen LogP contribution in [0.2, 0.25) is 0 Å². The van der Waals surface area contributed by atoms with Crippen LogP contribution >= 0.6 is 0 Å². The predicted molar refractivity (Wildman–Crippen MR) is 90.2 cm³/mol. The Bertz CT molecular complexity index is 834. The van der Waals surface area contributed by atoms with E-state index in [0.29, 0.717) is 25.1 Å². The fourth-order valence-corrected chi connectivity index (χ4v) is 3.39. The minimum absolute atomic E-state index is 0.0150. The van der Waals surface area contributed by atoms with Crippen molar-refractivity contribution in [2.24, 2.45) is 0 Å². The lowest BCUT2D eigenvalue weighted by atomic mass is 10.0. The van der Waals surface area contributed by atoms with Crippen molar-refractivity contribution in [1.29, 1.82) is 0 Å². The molecule has 2 N–H and O–H groups in total. The fraction of sp³-hybridized carbons (Fsp3) is 0.588. The lowest BCUT2D eigenvalue weighted by Crippen LogP contribution is -2.36. The van der Waals surface area contributed by atoms with Crippen LogP contribution in [0.5, 0.6) is 0 Å². The van der Waals surface area contributed by atoms with Crippen LogP contribution in [0.15, 0.2) is 10.9 Å². The average molecular weight is 332 g/mol. The van der Waals surface area contributed by atoms with E-state index in [1.54, 1.807) is 4.52 Å². The molecule has 2 aromatic heterocycles. The van der Waals surface area contributed by atoms with Crippen molar-refractivity contribution >= 4 is 11.6 Å². The first-order valence-corrected chi connectivity index (χ1v) is 8.26. The number of H-pyrrole nitrogens is 1. The normalized spacial score (nSPS) is 19.8. The Kier molecular flexibility index (Phi) is 4.21. The van der Waals surface area contributed by atoms with E-state index in [9.17, 15) is 9.59 Å². The number of amides is 1. The molecule has 0 aliphatic carbocycles. The minimum Gasteiger partial charge on any atom is -0.373 e. The average Bonchev–Trinajstić information content (AvgIpc) is 3.00. The molecule has 24 heavy (non-hydrogen) atoms. The number of aryl methyl sites for hydroxylation is 2. The second-order valence-corrected chi connectivity index (χ2v) is 7.11. The van der Waals surface area contributed by atoms with Crippen LogP contribution in [-0.4, -0.2) is 38.8 Å². The molecule has 0 aromatic carbocycles. The number of ether oxygens (including phenoxy) is 1. The summed E-state index contributed by atoms with van der Waals surface area (Å²) in [6, 6.07) is 1.55. The van der Waals surface area contributed by atoms with Crippen molar-refractivity contribution in [3.8, 4) is 0 Å². The Morgan fingerprint density at radius 3 is 2.92 bits per heavy atom. The number of nitrogens with zero attached hydrogens (tertiary/aromatic N) is 2. The zero-order chi connectivity index (χ0) is 17.5. The van der Waals surface area contributed by atoms with E-state index >= 15 is 0 Å². The molecule has 1 aliphatic rings. The fourth-order valence-electron chi connectivity index (χ4n) is 3.39. The highest BCUT2D eigenvalue weighted by molar-refractivity contribution is 5.76. The molecular formula is C17H24N4O3. The van der Waals surface area contributed by atoms with E-state index in [0.717, 1.165) is 23.4 Å². The molecule has 1 amide bonds. The van der Waals surface area contributed by atoms with E-state index in [1.807, 2.05) is 27.7 Å². The standard InChI is InChI=1S/C17H24N4O3/c1-10-13(11(2)21-14(18-10)7-16(23)20-21)5-6-15(22)19-12-8-17(3,4)24-9-12/h7,12H,5-6,8-9H2,1-4H3,(H,19,22)(H,20,23). The Morgan fingerprint density at radius 2 is 2.25 bits per heavy atom. The van der Waals surface area contributed by atoms with Gasteiger partial charge in [-0.2, -0.15) is 0 Å². The van der Waals surface area contributed by atoms with Gasteiger partial charge in [-0.05, 0) is 46.1 Å². The Morgan fingerprint density at radius 1 is 1.50 bits per heavy atom. The molecule has 0 saturated carbocycles. The molecule has 1 aliphatic heterocycles. The monoisotopic (exact) mass is 332 g/mol. The SMILES string of the molecule is Cc1nc2cc(=O)[nH]n2c(C)c1CCC(=O)NC1COC(C)(C)C1. The van der Waals surface area contributed by atoms with Gasteiger partial charge in [0.05, 0.1) is 18.2 Å². The van der Waals surface area contributed by atoms with Crippen LogP contribution in [0.3, 0.4) is 0 Å². The summed E-state index contributed by atoms with van der Waals surface area (Å²) in [5.41, 5.74) is 3.02. The van der Waals surface area contributed by atoms with Gasteiger partial charge in [0.1, 0.15) is 0 Å². The van der Waals surface area contributed by atoms with Gasteiger partial charge in [0.15, 0.2) is 5.65 Å². The molecule has 1 fully saturated rings. The molecule has 1 atom stereocenters. The van der Waals surface area contributed by atoms with Crippen molar-refractivity contribution in [2.75, 3.05) is 6.61 Å². The number of rotatable bonds is 4. The molecule has 0 spiro atoms. The van der Waals surface area contributed by atoms with Gasteiger partial charge in [0.25, 0.3) is 5.56 Å². The third-order valence-corrected chi connectivity index (χ3v) is 4.58. The zero-order valence-electron chi connectivity index (χ0n) is 14.6. The first kappa shape index (κ1) is 16.7. The van der Waals surface area contributed by atoms with Gasteiger partial charge in [-0.25, -0.2) is 9.50 Å². The van der Waals surface area contributed by atoms with Crippen molar-refractivity contribution in [3.63, 3.8) is 0 Å². The number of nitrogens with one attached hydrogen (secondary N) is 2. The van der Waals surface area contributed by atoms with Crippen molar-refractivity contribution in [2.45, 2.75) is 58.6 Å². The van der Waals surface area contributed by atoms with E-state index in [2.05, 4.69) is 15.4 Å². The first-order chi connectivity index (χ1) is 11.2. The largest absolute Gasteiger partial charge is 0.373 e. The molecule has 1 unspecified atom stereocenters. The van der Waals surface area contributed by atoms with Gasteiger partial charge in [-0.15, -0.1) is 0 Å². The number of hydrogen-bond donors (Lipinski definition) is 2. The van der Waals surface area contributed by atoms with Gasteiger partial charge in [-0.3, -0.25) is 14.7 Å². The third kappa shape index (κ3) is 3.36.